The molecule has 2 rings (SSSR count). The molecule has 0 aromatic heterocycles. The molecule has 0 spiro atoms. The minimum atomic E-state index is -3.74. The number of carbonyl (C=O) groups is 2. The Morgan fingerprint density at radius 2 is 1.76 bits per heavy atom. The zero-order chi connectivity index (χ0) is 21.8. The monoisotopic (exact) mass is 418 g/mol. The third-order valence-electron chi connectivity index (χ3n) is 4.51. The van der Waals surface area contributed by atoms with Crippen molar-refractivity contribution in [1.29, 1.82) is 0 Å². The smallest absolute Gasteiger partial charge is 0.340 e. The number of benzene rings is 2. The molecule has 2 aromatic carbocycles. The van der Waals surface area contributed by atoms with Crippen molar-refractivity contribution in [2.24, 2.45) is 0 Å². The minimum absolute atomic E-state index is 0.201. The quantitative estimate of drug-likeness (QED) is 0.697. The molecule has 1 amide bonds. The molecule has 2 aromatic rings. The molecule has 8 heteroatoms. The molecule has 7 nitrogen and oxygen atoms in total. The predicted molar refractivity (Wildman–Crippen MR) is 114 cm³/mol. The molecule has 1 N–H and O–H groups in total. The number of amides is 1. The molecule has 0 aliphatic carbocycles. The van der Waals surface area contributed by atoms with Crippen LogP contribution in [-0.2, 0) is 19.6 Å². The molecular weight excluding hydrogens is 392 g/mol. The van der Waals surface area contributed by atoms with Gasteiger partial charge in [0, 0.05) is 0 Å². The Morgan fingerprint density at radius 3 is 2.34 bits per heavy atom. The third kappa shape index (κ3) is 5.35. The summed E-state index contributed by atoms with van der Waals surface area (Å²) in [4.78, 5) is 25.0. The molecule has 0 aliphatic heterocycles. The molecule has 0 unspecified atom stereocenters. The van der Waals surface area contributed by atoms with Crippen molar-refractivity contribution in [2.75, 3.05) is 22.5 Å². The van der Waals surface area contributed by atoms with Gasteiger partial charge < -0.3 is 10.1 Å². The first-order chi connectivity index (χ1) is 13.6. The molecule has 1 atom stereocenters. The molecule has 0 saturated carbocycles. The summed E-state index contributed by atoms with van der Waals surface area (Å²) < 4.78 is 31.0. The van der Waals surface area contributed by atoms with Crippen LogP contribution in [0.1, 0.15) is 35.3 Å². The highest BCUT2D eigenvalue weighted by Gasteiger charge is 2.30. The summed E-state index contributed by atoms with van der Waals surface area (Å²) in [6.45, 7) is 7.19. The van der Waals surface area contributed by atoms with E-state index >= 15 is 0 Å². The number of hydrogen-bond donors (Lipinski definition) is 1. The fourth-order valence-electron chi connectivity index (χ4n) is 2.89. The van der Waals surface area contributed by atoms with Crippen molar-refractivity contribution in [2.45, 2.75) is 33.7 Å². The largest absolute Gasteiger partial charge is 0.462 e. The molecular formula is C21H26N2O5S. The van der Waals surface area contributed by atoms with E-state index in [1.807, 2.05) is 19.9 Å². The zero-order valence-corrected chi connectivity index (χ0v) is 18.0. The van der Waals surface area contributed by atoms with Gasteiger partial charge in [-0.1, -0.05) is 18.2 Å². The number of para-hydroxylation sites is 1. The summed E-state index contributed by atoms with van der Waals surface area (Å²) in [5, 5.41) is 2.65. The van der Waals surface area contributed by atoms with Crippen LogP contribution in [0.2, 0.25) is 0 Å². The van der Waals surface area contributed by atoms with Gasteiger partial charge in [0.25, 0.3) is 0 Å². The van der Waals surface area contributed by atoms with Gasteiger partial charge in [0.1, 0.15) is 6.04 Å². The molecule has 0 bridgehead atoms. The first-order valence-electron chi connectivity index (χ1n) is 9.20. The van der Waals surface area contributed by atoms with Crippen LogP contribution in [0.15, 0.2) is 42.5 Å². The van der Waals surface area contributed by atoms with Crippen LogP contribution < -0.4 is 9.62 Å². The highest BCUT2D eigenvalue weighted by atomic mass is 32.2. The molecule has 0 radical (unpaired) electrons. The number of esters is 1. The van der Waals surface area contributed by atoms with E-state index in [4.69, 9.17) is 4.74 Å². The summed E-state index contributed by atoms with van der Waals surface area (Å²) >= 11 is 0. The van der Waals surface area contributed by atoms with Crippen LogP contribution in [0.4, 0.5) is 11.4 Å². The van der Waals surface area contributed by atoms with Gasteiger partial charge >= 0.3 is 5.97 Å². The van der Waals surface area contributed by atoms with Crippen LogP contribution in [-0.4, -0.2) is 39.2 Å². The lowest BCUT2D eigenvalue weighted by molar-refractivity contribution is -0.116. The third-order valence-corrected chi connectivity index (χ3v) is 5.76. The van der Waals surface area contributed by atoms with E-state index in [-0.39, 0.29) is 17.9 Å². The normalized spacial score (nSPS) is 12.2. The van der Waals surface area contributed by atoms with E-state index in [2.05, 4.69) is 5.32 Å². The number of nitrogens with zero attached hydrogens (tertiary/aromatic N) is 1. The number of ether oxygens (including phenoxy) is 1. The SMILES string of the molecule is CCOC(=O)c1ccccc1NC(=O)[C@H](C)N(c1ccc(C)c(C)c1)S(C)(=O)=O. The van der Waals surface area contributed by atoms with E-state index in [1.54, 1.807) is 37.3 Å². The topological polar surface area (TPSA) is 92.8 Å². The van der Waals surface area contributed by atoms with E-state index in [0.717, 1.165) is 21.7 Å². The lowest BCUT2D eigenvalue weighted by Gasteiger charge is -2.29. The van der Waals surface area contributed by atoms with Gasteiger partial charge in [-0.3, -0.25) is 9.10 Å². The fourth-order valence-corrected chi connectivity index (χ4v) is 4.05. The molecule has 156 valence electrons. The Morgan fingerprint density at radius 1 is 1.10 bits per heavy atom. The standard InChI is InChI=1S/C21H26N2O5S/c1-6-28-21(25)18-9-7-8-10-19(18)22-20(24)16(4)23(29(5,26)27)17-12-11-14(2)15(3)13-17/h7-13,16H,6H2,1-5H3,(H,22,24)/t16-/m0/s1. The highest BCUT2D eigenvalue weighted by Crippen LogP contribution is 2.25. The Hall–Kier alpha value is -2.87. The summed E-state index contributed by atoms with van der Waals surface area (Å²) in [6, 6.07) is 10.6. The van der Waals surface area contributed by atoms with Gasteiger partial charge in [0.15, 0.2) is 0 Å². The minimum Gasteiger partial charge on any atom is -0.462 e. The Balaban J connectivity index is 2.36. The number of rotatable bonds is 7. The average Bonchev–Trinajstić information content (AvgIpc) is 2.64. The lowest BCUT2D eigenvalue weighted by atomic mass is 10.1. The number of aryl methyl sites for hydroxylation is 2. The fraction of sp³-hybridized carbons (Fsp3) is 0.333. The highest BCUT2D eigenvalue weighted by molar-refractivity contribution is 7.92. The second kappa shape index (κ2) is 9.09. The van der Waals surface area contributed by atoms with Gasteiger partial charge in [-0.2, -0.15) is 0 Å². The summed E-state index contributed by atoms with van der Waals surface area (Å²) in [5.74, 6) is -1.13. The van der Waals surface area contributed by atoms with Gasteiger partial charge in [-0.15, -0.1) is 0 Å². The van der Waals surface area contributed by atoms with Gasteiger partial charge in [-0.05, 0) is 63.1 Å². The van der Waals surface area contributed by atoms with E-state index in [1.165, 1.54) is 13.0 Å². The Bertz CT molecular complexity index is 1020. The second-order valence-corrected chi connectivity index (χ2v) is 8.62. The summed E-state index contributed by atoms with van der Waals surface area (Å²) in [6.07, 6.45) is 1.05. The molecule has 0 aliphatic rings. The van der Waals surface area contributed by atoms with Gasteiger partial charge in [0.2, 0.25) is 15.9 Å². The van der Waals surface area contributed by atoms with Crippen molar-refractivity contribution in [1.82, 2.24) is 0 Å². The van der Waals surface area contributed by atoms with Gasteiger partial charge in [0.05, 0.1) is 29.8 Å². The molecule has 29 heavy (non-hydrogen) atoms. The number of hydrogen-bond acceptors (Lipinski definition) is 5. The summed E-state index contributed by atoms with van der Waals surface area (Å²) in [5.41, 5.74) is 2.79. The maximum Gasteiger partial charge on any atom is 0.340 e. The van der Waals surface area contributed by atoms with Crippen molar-refractivity contribution in [3.05, 3.63) is 59.2 Å². The van der Waals surface area contributed by atoms with Crippen molar-refractivity contribution in [3.8, 4) is 0 Å². The van der Waals surface area contributed by atoms with Crippen molar-refractivity contribution in [3.63, 3.8) is 0 Å². The van der Waals surface area contributed by atoms with E-state index in [0.29, 0.717) is 5.69 Å². The maximum absolute atomic E-state index is 12.9. The zero-order valence-electron chi connectivity index (χ0n) is 17.2. The first-order valence-corrected chi connectivity index (χ1v) is 11.0. The molecule has 0 heterocycles. The molecule has 0 fully saturated rings. The lowest BCUT2D eigenvalue weighted by Crippen LogP contribution is -2.45. The van der Waals surface area contributed by atoms with Crippen LogP contribution >= 0.6 is 0 Å². The summed E-state index contributed by atoms with van der Waals surface area (Å²) in [7, 11) is -3.74. The Kier molecular flexibility index (Phi) is 7.02. The first kappa shape index (κ1) is 22.4. The number of sulfonamides is 1. The average molecular weight is 419 g/mol. The van der Waals surface area contributed by atoms with E-state index in [9.17, 15) is 18.0 Å². The predicted octanol–water partition coefficient (Wildman–Crippen LogP) is 3.27. The van der Waals surface area contributed by atoms with Crippen LogP contribution in [0, 0.1) is 13.8 Å². The van der Waals surface area contributed by atoms with Crippen LogP contribution in [0.3, 0.4) is 0 Å². The van der Waals surface area contributed by atoms with Crippen molar-refractivity contribution < 1.29 is 22.7 Å². The van der Waals surface area contributed by atoms with E-state index < -0.39 is 27.9 Å². The second-order valence-electron chi connectivity index (χ2n) is 6.76. The van der Waals surface area contributed by atoms with Crippen molar-refractivity contribution >= 4 is 33.3 Å². The Labute approximate surface area is 171 Å². The molecule has 0 saturated heterocycles. The van der Waals surface area contributed by atoms with Crippen LogP contribution in [0.5, 0.6) is 0 Å². The number of carbonyl (C=O) groups excluding carboxylic acids is 2. The van der Waals surface area contributed by atoms with Gasteiger partial charge in [-0.25, -0.2) is 13.2 Å². The number of nitrogens with one attached hydrogen (secondary N) is 1. The van der Waals surface area contributed by atoms with Crippen LogP contribution in [0.25, 0.3) is 0 Å². The maximum atomic E-state index is 12.9. The number of anilines is 2.